The number of amides is 2. The highest BCUT2D eigenvalue weighted by Gasteiger charge is 2.18. The number of carbonyl (C=O) groups excluding carboxylic acids is 2. The Morgan fingerprint density at radius 3 is 2.79 bits per heavy atom. The molecule has 7 nitrogen and oxygen atoms in total. The van der Waals surface area contributed by atoms with E-state index in [0.717, 1.165) is 23.9 Å². The molecule has 2 heterocycles. The molecule has 4 rings (SSSR count). The lowest BCUT2D eigenvalue weighted by Crippen LogP contribution is -2.31. The van der Waals surface area contributed by atoms with Gasteiger partial charge in [0.1, 0.15) is 5.82 Å². The molecule has 1 aromatic heterocycles. The number of rotatable bonds is 3. The standard InChI is InChI=1S/C20H15F2N5O2/c21-13-6-11(18-25-9-16(22)17(23)27-18)5-12(7-13)19(28)26-14-2-1-10-3-4-24-20(29)15(10)8-14/h1-2,5-9H,3-4H2,(H,24,29)(H,26,28)(H2,23,25,27). The second kappa shape index (κ2) is 7.27. The molecular formula is C20H15F2N5O2. The van der Waals surface area contributed by atoms with Crippen LogP contribution in [0.25, 0.3) is 11.4 Å². The number of anilines is 2. The summed E-state index contributed by atoms with van der Waals surface area (Å²) in [5.41, 5.74) is 7.40. The molecule has 146 valence electrons. The second-order valence-electron chi connectivity index (χ2n) is 6.49. The molecule has 0 unspecified atom stereocenters. The summed E-state index contributed by atoms with van der Waals surface area (Å²) in [5.74, 6) is -2.66. The van der Waals surface area contributed by atoms with E-state index in [-0.39, 0.29) is 28.7 Å². The van der Waals surface area contributed by atoms with Crippen molar-refractivity contribution < 1.29 is 18.4 Å². The van der Waals surface area contributed by atoms with Crippen molar-refractivity contribution in [2.75, 3.05) is 17.6 Å². The van der Waals surface area contributed by atoms with Gasteiger partial charge in [-0.25, -0.2) is 18.7 Å². The molecule has 29 heavy (non-hydrogen) atoms. The summed E-state index contributed by atoms with van der Waals surface area (Å²) in [6.07, 6.45) is 1.59. The Morgan fingerprint density at radius 1 is 1.17 bits per heavy atom. The van der Waals surface area contributed by atoms with Crippen LogP contribution in [0.4, 0.5) is 20.3 Å². The van der Waals surface area contributed by atoms with Crippen molar-refractivity contribution in [2.24, 2.45) is 0 Å². The SMILES string of the molecule is Nc1nc(-c2cc(F)cc(C(=O)Nc3ccc4c(c3)C(=O)NCC4)c2)ncc1F. The number of nitrogens with two attached hydrogens (primary N) is 1. The van der Waals surface area contributed by atoms with E-state index in [4.69, 9.17) is 5.73 Å². The topological polar surface area (TPSA) is 110 Å². The van der Waals surface area contributed by atoms with Crippen LogP contribution in [-0.2, 0) is 6.42 Å². The van der Waals surface area contributed by atoms with Gasteiger partial charge in [-0.2, -0.15) is 0 Å². The van der Waals surface area contributed by atoms with Crippen molar-refractivity contribution in [1.29, 1.82) is 0 Å². The molecule has 0 radical (unpaired) electrons. The number of halogens is 2. The van der Waals surface area contributed by atoms with Crippen molar-refractivity contribution in [1.82, 2.24) is 15.3 Å². The highest BCUT2D eigenvalue weighted by molar-refractivity contribution is 6.06. The highest BCUT2D eigenvalue weighted by Crippen LogP contribution is 2.23. The van der Waals surface area contributed by atoms with Crippen LogP contribution in [0.1, 0.15) is 26.3 Å². The molecule has 0 aliphatic carbocycles. The van der Waals surface area contributed by atoms with Crippen molar-refractivity contribution in [3.63, 3.8) is 0 Å². The van der Waals surface area contributed by atoms with Gasteiger partial charge in [-0.15, -0.1) is 0 Å². The minimum atomic E-state index is -0.792. The van der Waals surface area contributed by atoms with E-state index in [9.17, 15) is 18.4 Å². The fourth-order valence-electron chi connectivity index (χ4n) is 3.06. The number of aromatic nitrogens is 2. The third-order valence-electron chi connectivity index (χ3n) is 4.48. The number of hydrogen-bond acceptors (Lipinski definition) is 5. The molecular weight excluding hydrogens is 380 g/mol. The third-order valence-corrected chi connectivity index (χ3v) is 4.48. The third kappa shape index (κ3) is 3.75. The molecule has 0 saturated carbocycles. The maximum absolute atomic E-state index is 14.1. The Morgan fingerprint density at radius 2 is 2.00 bits per heavy atom. The monoisotopic (exact) mass is 395 g/mol. The summed E-state index contributed by atoms with van der Waals surface area (Å²) in [4.78, 5) is 32.1. The molecule has 2 amide bonds. The first-order chi connectivity index (χ1) is 13.9. The fraction of sp³-hybridized carbons (Fsp3) is 0.100. The largest absolute Gasteiger partial charge is 0.381 e. The van der Waals surface area contributed by atoms with Crippen molar-refractivity contribution in [3.8, 4) is 11.4 Å². The number of carbonyl (C=O) groups is 2. The number of benzene rings is 2. The van der Waals surface area contributed by atoms with Crippen LogP contribution in [0.5, 0.6) is 0 Å². The average molecular weight is 395 g/mol. The van der Waals surface area contributed by atoms with Crippen molar-refractivity contribution >= 4 is 23.3 Å². The van der Waals surface area contributed by atoms with Crippen LogP contribution >= 0.6 is 0 Å². The lowest BCUT2D eigenvalue weighted by Gasteiger charge is -2.17. The zero-order valence-electron chi connectivity index (χ0n) is 15.0. The van der Waals surface area contributed by atoms with E-state index < -0.39 is 17.5 Å². The summed E-state index contributed by atoms with van der Waals surface area (Å²) in [7, 11) is 0. The van der Waals surface area contributed by atoms with E-state index in [1.54, 1.807) is 18.2 Å². The maximum Gasteiger partial charge on any atom is 0.255 e. The van der Waals surface area contributed by atoms with Gasteiger partial charge < -0.3 is 16.4 Å². The smallest absolute Gasteiger partial charge is 0.255 e. The first kappa shape index (κ1) is 18.5. The fourth-order valence-corrected chi connectivity index (χ4v) is 3.06. The molecule has 4 N–H and O–H groups in total. The molecule has 0 spiro atoms. The number of nitrogens with one attached hydrogen (secondary N) is 2. The Labute approximate surface area is 164 Å². The summed E-state index contributed by atoms with van der Waals surface area (Å²) < 4.78 is 27.3. The Balaban J connectivity index is 1.62. The van der Waals surface area contributed by atoms with E-state index in [1.165, 1.54) is 6.07 Å². The summed E-state index contributed by atoms with van der Waals surface area (Å²) >= 11 is 0. The molecule has 2 aromatic carbocycles. The van der Waals surface area contributed by atoms with Crippen LogP contribution in [0.3, 0.4) is 0 Å². The highest BCUT2D eigenvalue weighted by atomic mass is 19.1. The van der Waals surface area contributed by atoms with E-state index in [1.807, 2.05) is 0 Å². The molecule has 0 bridgehead atoms. The van der Waals surface area contributed by atoms with Crippen LogP contribution < -0.4 is 16.4 Å². The van der Waals surface area contributed by atoms with E-state index in [2.05, 4.69) is 20.6 Å². The van der Waals surface area contributed by atoms with Crippen LogP contribution in [-0.4, -0.2) is 28.3 Å². The van der Waals surface area contributed by atoms with Gasteiger partial charge in [0.25, 0.3) is 11.8 Å². The molecule has 1 aliphatic heterocycles. The summed E-state index contributed by atoms with van der Waals surface area (Å²) in [6.45, 7) is 0.569. The first-order valence-corrected chi connectivity index (χ1v) is 8.72. The number of hydrogen-bond donors (Lipinski definition) is 3. The zero-order chi connectivity index (χ0) is 20.5. The minimum absolute atomic E-state index is 0.00803. The molecule has 1 aliphatic rings. The minimum Gasteiger partial charge on any atom is -0.381 e. The normalized spacial score (nSPS) is 12.8. The maximum atomic E-state index is 14.1. The number of fused-ring (bicyclic) bond motifs is 1. The molecule has 0 saturated heterocycles. The van der Waals surface area contributed by atoms with Crippen molar-refractivity contribution in [2.45, 2.75) is 6.42 Å². The Hall–Kier alpha value is -3.88. The van der Waals surface area contributed by atoms with Crippen LogP contribution in [0.2, 0.25) is 0 Å². The van der Waals surface area contributed by atoms with E-state index >= 15 is 0 Å². The van der Waals surface area contributed by atoms with Gasteiger partial charge in [0, 0.05) is 28.9 Å². The van der Waals surface area contributed by atoms with Gasteiger partial charge in [-0.05, 0) is 42.3 Å². The average Bonchev–Trinajstić information content (AvgIpc) is 2.70. The van der Waals surface area contributed by atoms with Gasteiger partial charge in [-0.3, -0.25) is 9.59 Å². The summed E-state index contributed by atoms with van der Waals surface area (Å²) in [5, 5.41) is 5.38. The lowest BCUT2D eigenvalue weighted by atomic mass is 9.99. The number of nitrogen functional groups attached to an aromatic ring is 1. The van der Waals surface area contributed by atoms with Gasteiger partial charge in [0.15, 0.2) is 17.5 Å². The van der Waals surface area contributed by atoms with Gasteiger partial charge in [0.2, 0.25) is 0 Å². The molecule has 0 atom stereocenters. The van der Waals surface area contributed by atoms with Crippen molar-refractivity contribution in [3.05, 3.63) is 70.9 Å². The first-order valence-electron chi connectivity index (χ1n) is 8.72. The second-order valence-corrected chi connectivity index (χ2v) is 6.49. The predicted molar refractivity (Wildman–Crippen MR) is 102 cm³/mol. The zero-order valence-corrected chi connectivity index (χ0v) is 15.0. The number of nitrogens with zero attached hydrogens (tertiary/aromatic N) is 2. The quantitative estimate of drug-likeness (QED) is 0.631. The van der Waals surface area contributed by atoms with Crippen LogP contribution in [0.15, 0.2) is 42.6 Å². The molecule has 0 fully saturated rings. The molecule has 9 heteroatoms. The Kier molecular flexibility index (Phi) is 4.63. The van der Waals surface area contributed by atoms with E-state index in [0.29, 0.717) is 24.2 Å². The predicted octanol–water partition coefficient (Wildman–Crippen LogP) is 2.54. The molecule has 3 aromatic rings. The van der Waals surface area contributed by atoms with Gasteiger partial charge in [-0.1, -0.05) is 6.07 Å². The van der Waals surface area contributed by atoms with Gasteiger partial charge >= 0.3 is 0 Å². The summed E-state index contributed by atoms with van der Waals surface area (Å²) in [6, 6.07) is 8.57. The van der Waals surface area contributed by atoms with Gasteiger partial charge in [0.05, 0.1) is 6.20 Å². The Bertz CT molecular complexity index is 1150. The van der Waals surface area contributed by atoms with Crippen LogP contribution in [0, 0.1) is 11.6 Å². The lowest BCUT2D eigenvalue weighted by molar-refractivity contribution is 0.0944.